The van der Waals surface area contributed by atoms with Gasteiger partial charge >= 0.3 is 6.01 Å². The molecule has 1 heterocycles. The third-order valence-corrected chi connectivity index (χ3v) is 2.66. The van der Waals surface area contributed by atoms with Crippen molar-refractivity contribution in [2.45, 2.75) is 32.9 Å². The van der Waals surface area contributed by atoms with Gasteiger partial charge in [-0.3, -0.25) is 0 Å². The van der Waals surface area contributed by atoms with E-state index in [1.54, 1.807) is 0 Å². The monoisotopic (exact) mass is 260 g/mol. The summed E-state index contributed by atoms with van der Waals surface area (Å²) in [5, 5.41) is 14.3. The first kappa shape index (κ1) is 13.5. The lowest BCUT2D eigenvalue weighted by Gasteiger charge is -2.03. The molecule has 102 valence electrons. The summed E-state index contributed by atoms with van der Waals surface area (Å²) in [7, 11) is 0. The zero-order valence-corrected chi connectivity index (χ0v) is 11.4. The SMILES string of the molecule is CC(C)NCc1nnc(NCCc2ccccc2)o1. The number of nitrogens with zero attached hydrogens (tertiary/aromatic N) is 2. The molecule has 2 N–H and O–H groups in total. The lowest BCUT2D eigenvalue weighted by Crippen LogP contribution is -2.21. The largest absolute Gasteiger partial charge is 0.407 e. The number of nitrogens with one attached hydrogen (secondary N) is 2. The van der Waals surface area contributed by atoms with Gasteiger partial charge < -0.3 is 15.1 Å². The smallest absolute Gasteiger partial charge is 0.315 e. The first-order valence-corrected chi connectivity index (χ1v) is 6.57. The topological polar surface area (TPSA) is 63.0 Å². The van der Waals surface area contributed by atoms with Crippen LogP contribution in [-0.4, -0.2) is 22.8 Å². The summed E-state index contributed by atoms with van der Waals surface area (Å²) in [6, 6.07) is 11.2. The Morgan fingerprint density at radius 2 is 1.95 bits per heavy atom. The number of hydrogen-bond acceptors (Lipinski definition) is 5. The Balaban J connectivity index is 1.74. The fraction of sp³-hybridized carbons (Fsp3) is 0.429. The molecule has 0 radical (unpaired) electrons. The molecule has 0 aliphatic carbocycles. The summed E-state index contributed by atoms with van der Waals surface area (Å²) in [4.78, 5) is 0. The van der Waals surface area contributed by atoms with Crippen LogP contribution < -0.4 is 10.6 Å². The maximum absolute atomic E-state index is 5.48. The lowest BCUT2D eigenvalue weighted by molar-refractivity contribution is 0.458. The number of benzene rings is 1. The quantitative estimate of drug-likeness (QED) is 0.799. The fourth-order valence-corrected chi connectivity index (χ4v) is 1.65. The number of anilines is 1. The molecule has 0 saturated heterocycles. The van der Waals surface area contributed by atoms with Gasteiger partial charge in [0.2, 0.25) is 5.89 Å². The Morgan fingerprint density at radius 3 is 2.68 bits per heavy atom. The summed E-state index contributed by atoms with van der Waals surface area (Å²) < 4.78 is 5.48. The molecule has 0 unspecified atom stereocenters. The van der Waals surface area contributed by atoms with Gasteiger partial charge in [0.15, 0.2) is 0 Å². The van der Waals surface area contributed by atoms with Gasteiger partial charge in [-0.25, -0.2) is 0 Å². The van der Waals surface area contributed by atoms with Gasteiger partial charge in [0.25, 0.3) is 0 Å². The standard InChI is InChI=1S/C14H20N4O/c1-11(2)16-10-13-17-18-14(19-13)15-9-8-12-6-4-3-5-7-12/h3-7,11,16H,8-10H2,1-2H3,(H,15,18). The van der Waals surface area contributed by atoms with Crippen molar-refractivity contribution in [3.8, 4) is 0 Å². The average molecular weight is 260 g/mol. The average Bonchev–Trinajstić information content (AvgIpc) is 2.86. The van der Waals surface area contributed by atoms with Crippen molar-refractivity contribution in [2.75, 3.05) is 11.9 Å². The molecule has 2 aromatic rings. The minimum absolute atomic E-state index is 0.404. The zero-order valence-electron chi connectivity index (χ0n) is 11.4. The van der Waals surface area contributed by atoms with Crippen LogP contribution in [0.2, 0.25) is 0 Å². The molecule has 1 aromatic heterocycles. The van der Waals surface area contributed by atoms with E-state index in [1.165, 1.54) is 5.56 Å². The third kappa shape index (κ3) is 4.71. The van der Waals surface area contributed by atoms with Gasteiger partial charge in [-0.05, 0) is 12.0 Å². The number of aromatic nitrogens is 2. The van der Waals surface area contributed by atoms with Crippen LogP contribution >= 0.6 is 0 Å². The van der Waals surface area contributed by atoms with Crippen molar-refractivity contribution in [1.82, 2.24) is 15.5 Å². The summed E-state index contributed by atoms with van der Waals surface area (Å²) in [5.41, 5.74) is 1.29. The predicted octanol–water partition coefficient (Wildman–Crippen LogP) is 2.22. The molecule has 0 atom stereocenters. The zero-order chi connectivity index (χ0) is 13.5. The van der Waals surface area contributed by atoms with Crippen LogP contribution in [0.3, 0.4) is 0 Å². The van der Waals surface area contributed by atoms with Gasteiger partial charge in [-0.15, -0.1) is 5.10 Å². The molecule has 5 heteroatoms. The predicted molar refractivity (Wildman–Crippen MR) is 74.9 cm³/mol. The van der Waals surface area contributed by atoms with E-state index in [1.807, 2.05) is 18.2 Å². The van der Waals surface area contributed by atoms with E-state index >= 15 is 0 Å². The van der Waals surface area contributed by atoms with Gasteiger partial charge in [0, 0.05) is 12.6 Å². The second kappa shape index (κ2) is 6.89. The first-order valence-electron chi connectivity index (χ1n) is 6.57. The molecule has 5 nitrogen and oxygen atoms in total. The van der Waals surface area contributed by atoms with Crippen molar-refractivity contribution < 1.29 is 4.42 Å². The summed E-state index contributed by atoms with van der Waals surface area (Å²) in [6.45, 7) is 5.54. The minimum Gasteiger partial charge on any atom is -0.407 e. The molecule has 1 aromatic carbocycles. The van der Waals surface area contributed by atoms with E-state index in [2.05, 4.69) is 46.8 Å². The van der Waals surface area contributed by atoms with E-state index in [0.717, 1.165) is 13.0 Å². The molecule has 0 bridgehead atoms. The second-order valence-electron chi connectivity index (χ2n) is 4.70. The van der Waals surface area contributed by atoms with Gasteiger partial charge in [-0.2, -0.15) is 0 Å². The Bertz CT molecular complexity index is 481. The molecule has 0 aliphatic rings. The molecule has 0 spiro atoms. The van der Waals surface area contributed by atoms with Crippen molar-refractivity contribution >= 4 is 6.01 Å². The highest BCUT2D eigenvalue weighted by Gasteiger charge is 2.05. The molecule has 2 rings (SSSR count). The fourth-order valence-electron chi connectivity index (χ4n) is 1.65. The maximum atomic E-state index is 5.48. The molecular weight excluding hydrogens is 240 g/mol. The Kier molecular flexibility index (Phi) is 4.92. The van der Waals surface area contributed by atoms with Crippen LogP contribution in [0.1, 0.15) is 25.3 Å². The number of hydrogen-bond donors (Lipinski definition) is 2. The summed E-state index contributed by atoms with van der Waals surface area (Å²) in [5.74, 6) is 0.607. The first-order chi connectivity index (χ1) is 9.24. The van der Waals surface area contributed by atoms with Crippen molar-refractivity contribution in [3.05, 3.63) is 41.8 Å². The van der Waals surface area contributed by atoms with Crippen LogP contribution in [0.15, 0.2) is 34.7 Å². The molecule has 19 heavy (non-hydrogen) atoms. The van der Waals surface area contributed by atoms with Crippen LogP contribution in [0.4, 0.5) is 6.01 Å². The lowest BCUT2D eigenvalue weighted by atomic mass is 10.1. The van der Waals surface area contributed by atoms with Crippen LogP contribution in [0, 0.1) is 0 Å². The Morgan fingerprint density at radius 1 is 1.16 bits per heavy atom. The van der Waals surface area contributed by atoms with E-state index in [4.69, 9.17) is 4.42 Å². The maximum Gasteiger partial charge on any atom is 0.315 e. The van der Waals surface area contributed by atoms with Crippen LogP contribution in [0.5, 0.6) is 0 Å². The Hall–Kier alpha value is -1.88. The summed E-state index contributed by atoms with van der Waals surface area (Å²) >= 11 is 0. The second-order valence-corrected chi connectivity index (χ2v) is 4.70. The van der Waals surface area contributed by atoms with Gasteiger partial charge in [0.05, 0.1) is 6.54 Å². The molecular formula is C14H20N4O. The van der Waals surface area contributed by atoms with Crippen LogP contribution in [-0.2, 0) is 13.0 Å². The molecule has 0 fully saturated rings. The highest BCUT2D eigenvalue weighted by Crippen LogP contribution is 2.06. The normalized spacial score (nSPS) is 10.9. The van der Waals surface area contributed by atoms with E-state index in [0.29, 0.717) is 24.5 Å². The summed E-state index contributed by atoms with van der Waals surface area (Å²) in [6.07, 6.45) is 0.933. The van der Waals surface area contributed by atoms with E-state index in [9.17, 15) is 0 Å². The minimum atomic E-state index is 0.404. The third-order valence-electron chi connectivity index (χ3n) is 2.66. The number of rotatable bonds is 7. The molecule has 0 amide bonds. The molecule has 0 aliphatic heterocycles. The van der Waals surface area contributed by atoms with E-state index in [-0.39, 0.29) is 0 Å². The van der Waals surface area contributed by atoms with Crippen molar-refractivity contribution in [1.29, 1.82) is 0 Å². The highest BCUT2D eigenvalue weighted by atomic mass is 16.4. The van der Waals surface area contributed by atoms with Crippen molar-refractivity contribution in [3.63, 3.8) is 0 Å². The van der Waals surface area contributed by atoms with Crippen LogP contribution in [0.25, 0.3) is 0 Å². The highest BCUT2D eigenvalue weighted by molar-refractivity contribution is 5.20. The molecule has 0 saturated carbocycles. The van der Waals surface area contributed by atoms with Gasteiger partial charge in [-0.1, -0.05) is 49.3 Å². The van der Waals surface area contributed by atoms with Gasteiger partial charge in [0.1, 0.15) is 0 Å². The van der Waals surface area contributed by atoms with Crippen molar-refractivity contribution in [2.24, 2.45) is 0 Å². The van der Waals surface area contributed by atoms with E-state index < -0.39 is 0 Å². The Labute approximate surface area is 113 Å².